The molecule has 2 aromatic rings. The SMILES string of the molecule is Cc1cc([C@H](C)C(=O)N2CCC[C@H]2c2c(C)nn(C)c2Cl)c(C)o1. The number of aryl methyl sites for hydroxylation is 4. The fraction of sp³-hybridized carbons (Fsp3) is 0.556. The van der Waals surface area contributed by atoms with Crippen molar-refractivity contribution in [1.82, 2.24) is 14.7 Å². The van der Waals surface area contributed by atoms with Crippen LogP contribution >= 0.6 is 11.6 Å². The molecule has 3 rings (SSSR count). The molecule has 2 aromatic heterocycles. The van der Waals surface area contributed by atoms with Crippen LogP contribution in [0.3, 0.4) is 0 Å². The molecule has 0 saturated carbocycles. The van der Waals surface area contributed by atoms with E-state index in [-0.39, 0.29) is 17.9 Å². The summed E-state index contributed by atoms with van der Waals surface area (Å²) in [5, 5.41) is 5.03. The average molecular weight is 350 g/mol. The number of likely N-dealkylation sites (tertiary alicyclic amines) is 1. The van der Waals surface area contributed by atoms with Crippen LogP contribution in [0.2, 0.25) is 5.15 Å². The maximum absolute atomic E-state index is 13.1. The molecule has 6 heteroatoms. The van der Waals surface area contributed by atoms with Gasteiger partial charge in [-0.3, -0.25) is 9.48 Å². The van der Waals surface area contributed by atoms with E-state index in [4.69, 9.17) is 16.0 Å². The number of rotatable bonds is 3. The van der Waals surface area contributed by atoms with Gasteiger partial charge in [0.15, 0.2) is 0 Å². The van der Waals surface area contributed by atoms with Gasteiger partial charge in [-0.15, -0.1) is 0 Å². The summed E-state index contributed by atoms with van der Waals surface area (Å²) in [6.45, 7) is 8.48. The Labute approximate surface area is 147 Å². The van der Waals surface area contributed by atoms with Crippen molar-refractivity contribution in [1.29, 1.82) is 0 Å². The van der Waals surface area contributed by atoms with Crippen LogP contribution in [0, 0.1) is 20.8 Å². The van der Waals surface area contributed by atoms with E-state index in [1.807, 2.05) is 45.7 Å². The van der Waals surface area contributed by atoms with E-state index in [1.165, 1.54) is 0 Å². The van der Waals surface area contributed by atoms with Gasteiger partial charge in [-0.1, -0.05) is 11.6 Å². The van der Waals surface area contributed by atoms with Crippen LogP contribution in [0.4, 0.5) is 0 Å². The summed E-state index contributed by atoms with van der Waals surface area (Å²) in [4.78, 5) is 15.1. The van der Waals surface area contributed by atoms with Crippen molar-refractivity contribution in [2.45, 2.75) is 52.5 Å². The minimum Gasteiger partial charge on any atom is -0.466 e. The zero-order chi connectivity index (χ0) is 17.6. The van der Waals surface area contributed by atoms with Crippen molar-refractivity contribution in [3.8, 4) is 0 Å². The summed E-state index contributed by atoms with van der Waals surface area (Å²) in [7, 11) is 1.83. The van der Waals surface area contributed by atoms with E-state index in [0.29, 0.717) is 5.15 Å². The fourth-order valence-corrected chi connectivity index (χ4v) is 4.12. The first kappa shape index (κ1) is 17.1. The summed E-state index contributed by atoms with van der Waals surface area (Å²) < 4.78 is 7.28. The minimum absolute atomic E-state index is 0.00875. The Kier molecular flexibility index (Phi) is 4.47. The Bertz CT molecular complexity index is 778. The first-order valence-electron chi connectivity index (χ1n) is 8.37. The number of aromatic nitrogens is 2. The summed E-state index contributed by atoms with van der Waals surface area (Å²) >= 11 is 6.44. The number of carbonyl (C=O) groups is 1. The summed E-state index contributed by atoms with van der Waals surface area (Å²) in [6.07, 6.45) is 1.91. The third-order valence-electron chi connectivity index (χ3n) is 4.98. The van der Waals surface area contributed by atoms with E-state index < -0.39 is 0 Å². The van der Waals surface area contributed by atoms with Crippen molar-refractivity contribution < 1.29 is 9.21 Å². The molecule has 24 heavy (non-hydrogen) atoms. The molecule has 0 bridgehead atoms. The Morgan fingerprint density at radius 2 is 2.12 bits per heavy atom. The molecule has 1 aliphatic heterocycles. The second-order valence-corrected chi connectivity index (χ2v) is 7.05. The monoisotopic (exact) mass is 349 g/mol. The molecule has 1 amide bonds. The number of nitrogens with zero attached hydrogens (tertiary/aromatic N) is 3. The van der Waals surface area contributed by atoms with E-state index in [0.717, 1.165) is 47.7 Å². The highest BCUT2D eigenvalue weighted by Gasteiger charge is 2.36. The third kappa shape index (κ3) is 2.75. The molecule has 130 valence electrons. The summed E-state index contributed by atoms with van der Waals surface area (Å²) in [5.41, 5.74) is 2.85. The summed E-state index contributed by atoms with van der Waals surface area (Å²) in [5.74, 6) is 1.56. The van der Waals surface area contributed by atoms with Gasteiger partial charge in [0, 0.05) is 24.7 Å². The summed E-state index contributed by atoms with van der Waals surface area (Å²) in [6, 6.07) is 1.97. The lowest BCUT2D eigenvalue weighted by molar-refractivity contribution is -0.133. The fourth-order valence-electron chi connectivity index (χ4n) is 3.82. The normalized spacial score (nSPS) is 19.1. The van der Waals surface area contributed by atoms with Gasteiger partial charge in [-0.05, 0) is 46.6 Å². The molecule has 3 heterocycles. The smallest absolute Gasteiger partial charge is 0.230 e. The van der Waals surface area contributed by atoms with Gasteiger partial charge in [0.05, 0.1) is 17.7 Å². The van der Waals surface area contributed by atoms with Crippen LogP contribution in [-0.4, -0.2) is 27.1 Å². The van der Waals surface area contributed by atoms with Gasteiger partial charge in [0.25, 0.3) is 0 Å². The predicted octanol–water partition coefficient (Wildman–Crippen LogP) is 4.06. The predicted molar refractivity (Wildman–Crippen MR) is 93.2 cm³/mol. The van der Waals surface area contributed by atoms with Gasteiger partial charge in [-0.2, -0.15) is 5.10 Å². The highest BCUT2D eigenvalue weighted by Crippen LogP contribution is 2.39. The maximum Gasteiger partial charge on any atom is 0.230 e. The van der Waals surface area contributed by atoms with Crippen LogP contribution in [0.25, 0.3) is 0 Å². The topological polar surface area (TPSA) is 51.3 Å². The van der Waals surface area contributed by atoms with Crippen LogP contribution in [-0.2, 0) is 11.8 Å². The van der Waals surface area contributed by atoms with Crippen molar-refractivity contribution >= 4 is 17.5 Å². The highest BCUT2D eigenvalue weighted by atomic mass is 35.5. The first-order chi connectivity index (χ1) is 11.3. The first-order valence-corrected chi connectivity index (χ1v) is 8.75. The third-order valence-corrected chi connectivity index (χ3v) is 5.43. The van der Waals surface area contributed by atoms with Gasteiger partial charge in [0.2, 0.25) is 5.91 Å². The van der Waals surface area contributed by atoms with Crippen LogP contribution < -0.4 is 0 Å². The molecule has 1 fully saturated rings. The van der Waals surface area contributed by atoms with E-state index >= 15 is 0 Å². The van der Waals surface area contributed by atoms with Gasteiger partial charge < -0.3 is 9.32 Å². The number of furan rings is 1. The lowest BCUT2D eigenvalue weighted by Gasteiger charge is -2.27. The molecule has 0 aliphatic carbocycles. The Morgan fingerprint density at radius 1 is 1.42 bits per heavy atom. The van der Waals surface area contributed by atoms with Crippen molar-refractivity contribution in [2.24, 2.45) is 7.05 Å². The minimum atomic E-state index is -0.223. The number of hydrogen-bond acceptors (Lipinski definition) is 3. The standard InChI is InChI=1S/C18H24ClN3O2/c1-10-9-14(13(4)24-10)11(2)18(23)22-8-6-7-15(22)16-12(3)20-21(5)17(16)19/h9,11,15H,6-8H2,1-5H3/t11-,15-/m0/s1. The lowest BCUT2D eigenvalue weighted by atomic mass is 9.98. The average Bonchev–Trinajstić information content (AvgIpc) is 3.17. The number of amides is 1. The van der Waals surface area contributed by atoms with E-state index in [2.05, 4.69) is 5.10 Å². The molecule has 0 radical (unpaired) electrons. The van der Waals surface area contributed by atoms with E-state index in [9.17, 15) is 4.79 Å². The van der Waals surface area contributed by atoms with Crippen molar-refractivity contribution in [2.75, 3.05) is 6.54 Å². The Balaban J connectivity index is 1.90. The molecule has 0 aromatic carbocycles. The maximum atomic E-state index is 13.1. The molecule has 0 spiro atoms. The number of halogens is 1. The van der Waals surface area contributed by atoms with Gasteiger partial charge in [-0.25, -0.2) is 0 Å². The van der Waals surface area contributed by atoms with Crippen molar-refractivity contribution in [3.05, 3.63) is 39.6 Å². The molecule has 1 aliphatic rings. The van der Waals surface area contributed by atoms with Gasteiger partial charge in [0.1, 0.15) is 16.7 Å². The van der Waals surface area contributed by atoms with Gasteiger partial charge >= 0.3 is 0 Å². The molecule has 0 unspecified atom stereocenters. The molecule has 5 nitrogen and oxygen atoms in total. The molecule has 0 N–H and O–H groups in total. The second kappa shape index (κ2) is 6.28. The number of carbonyl (C=O) groups excluding carboxylic acids is 1. The molecular formula is C18H24ClN3O2. The van der Waals surface area contributed by atoms with Crippen LogP contribution in [0.1, 0.15) is 60.1 Å². The lowest BCUT2D eigenvalue weighted by Crippen LogP contribution is -2.34. The zero-order valence-corrected chi connectivity index (χ0v) is 15.6. The van der Waals surface area contributed by atoms with Crippen LogP contribution in [0.15, 0.2) is 10.5 Å². The van der Waals surface area contributed by atoms with Crippen LogP contribution in [0.5, 0.6) is 0 Å². The Hall–Kier alpha value is -1.75. The molecule has 2 atom stereocenters. The molecule has 1 saturated heterocycles. The van der Waals surface area contributed by atoms with Crippen molar-refractivity contribution in [3.63, 3.8) is 0 Å². The zero-order valence-electron chi connectivity index (χ0n) is 14.9. The number of hydrogen-bond donors (Lipinski definition) is 0. The van der Waals surface area contributed by atoms with E-state index in [1.54, 1.807) is 4.68 Å². The quantitative estimate of drug-likeness (QED) is 0.839. The highest BCUT2D eigenvalue weighted by molar-refractivity contribution is 6.30. The Morgan fingerprint density at radius 3 is 2.67 bits per heavy atom. The second-order valence-electron chi connectivity index (χ2n) is 6.69. The largest absolute Gasteiger partial charge is 0.466 e. The molecular weight excluding hydrogens is 326 g/mol.